The fourth-order valence-electron chi connectivity index (χ4n) is 0. The molecule has 0 atom stereocenters. The Hall–Kier alpha value is -0.110. The van der Waals surface area contributed by atoms with Crippen LogP contribution in [-0.2, 0) is 4.79 Å². The molecule has 32 valence electrons. The third kappa shape index (κ3) is 1150. The number of rotatable bonds is 0. The largest absolute Gasteiger partial charge is 0.298 e. The third-order valence-electron chi connectivity index (χ3n) is 0. The fraction of sp³-hybridized carbons (Fsp3) is 0.500. The first-order chi connectivity index (χ1) is 1.73. The summed E-state index contributed by atoms with van der Waals surface area (Å²) in [7, 11) is 0. The van der Waals surface area contributed by atoms with Crippen LogP contribution in [0, 0.1) is 0 Å². The molecule has 0 unspecified atom stereocenters. The van der Waals surface area contributed by atoms with Gasteiger partial charge in [0.05, 0.1) is 0 Å². The Balaban J connectivity index is 0. The van der Waals surface area contributed by atoms with E-state index >= 15 is 0 Å². The molecule has 0 bridgehead atoms. The van der Waals surface area contributed by atoms with E-state index in [0.717, 1.165) is 6.92 Å². The van der Waals surface area contributed by atoms with Crippen molar-refractivity contribution in [2.45, 2.75) is 6.92 Å². The number of carbonyl (C=O) groups is 1. The Kier molecular flexibility index (Phi) is 6.89. The van der Waals surface area contributed by atoms with Crippen LogP contribution in [0.2, 0.25) is 0 Å². The van der Waals surface area contributed by atoms with Gasteiger partial charge < -0.3 is 0 Å². The Morgan fingerprint density at radius 2 is 1.80 bits per heavy atom. The SMILES string of the molecule is CC(=O)F.Cl. The van der Waals surface area contributed by atoms with Crippen LogP contribution in [0.4, 0.5) is 4.39 Å². The summed E-state index contributed by atoms with van der Waals surface area (Å²) in [5, 5.41) is 0. The monoisotopic (exact) mass is 98.0 g/mol. The van der Waals surface area contributed by atoms with Gasteiger partial charge in [0.15, 0.2) is 0 Å². The summed E-state index contributed by atoms with van der Waals surface area (Å²) in [4.78, 5) is 8.78. The maximum Gasteiger partial charge on any atom is 0.298 e. The van der Waals surface area contributed by atoms with Crippen LogP contribution in [0.5, 0.6) is 0 Å². The Bertz CT molecular complexity index is 32.6. The van der Waals surface area contributed by atoms with E-state index in [-0.39, 0.29) is 12.4 Å². The second-order valence-electron chi connectivity index (χ2n) is 0.470. The molecule has 0 aliphatic heterocycles. The molecule has 0 fully saturated rings. The van der Waals surface area contributed by atoms with E-state index in [2.05, 4.69) is 0 Å². The van der Waals surface area contributed by atoms with Gasteiger partial charge in [-0.2, -0.15) is 4.39 Å². The van der Waals surface area contributed by atoms with Gasteiger partial charge in [-0.25, -0.2) is 0 Å². The molecule has 0 N–H and O–H groups in total. The average Bonchev–Trinajstić information content (AvgIpc) is 0.811. The lowest BCUT2D eigenvalue weighted by Gasteiger charge is -1.50. The molecule has 0 amide bonds. The van der Waals surface area contributed by atoms with Gasteiger partial charge in [0.25, 0.3) is 6.04 Å². The van der Waals surface area contributed by atoms with Crippen molar-refractivity contribution in [3.8, 4) is 0 Å². The minimum atomic E-state index is -1.33. The highest BCUT2D eigenvalue weighted by atomic mass is 35.5. The van der Waals surface area contributed by atoms with Crippen LogP contribution in [-0.4, -0.2) is 6.04 Å². The molecule has 0 aromatic carbocycles. The predicted octanol–water partition coefficient (Wildman–Crippen LogP) is 0.924. The summed E-state index contributed by atoms with van der Waals surface area (Å²) in [6.07, 6.45) is 0. The molecule has 0 aliphatic rings. The van der Waals surface area contributed by atoms with Gasteiger partial charge in [-0.05, 0) is 0 Å². The number of carbonyl (C=O) groups excluding carboxylic acids is 1. The standard InChI is InChI=1S/C2H3FO.ClH/c1-2(3)4;/h1H3;1H. The van der Waals surface area contributed by atoms with Crippen molar-refractivity contribution in [2.24, 2.45) is 0 Å². The summed E-state index contributed by atoms with van der Waals surface area (Å²) in [5.41, 5.74) is 0. The molecule has 1 nitrogen and oxygen atoms in total. The molecular weight excluding hydrogens is 94.5 g/mol. The predicted molar refractivity (Wildman–Crippen MR) is 19.0 cm³/mol. The number of hydrogen-bond donors (Lipinski definition) is 0. The normalized spacial score (nSPS) is 5.20. The summed E-state index contributed by atoms with van der Waals surface area (Å²) in [5.74, 6) is 0. The van der Waals surface area contributed by atoms with Crippen molar-refractivity contribution in [3.05, 3.63) is 0 Å². The molecule has 0 aromatic rings. The average molecular weight is 98.5 g/mol. The van der Waals surface area contributed by atoms with Crippen LogP contribution < -0.4 is 0 Å². The minimum Gasteiger partial charge on any atom is -0.262 e. The molecule has 3 heteroatoms. The van der Waals surface area contributed by atoms with Crippen molar-refractivity contribution >= 4 is 18.4 Å². The van der Waals surface area contributed by atoms with Gasteiger partial charge in [-0.1, -0.05) is 0 Å². The molecule has 0 saturated carbocycles. The van der Waals surface area contributed by atoms with Crippen molar-refractivity contribution in [3.63, 3.8) is 0 Å². The van der Waals surface area contributed by atoms with Crippen molar-refractivity contribution in [2.75, 3.05) is 0 Å². The highest BCUT2D eigenvalue weighted by Gasteiger charge is 1.69. The zero-order valence-electron chi connectivity index (χ0n) is 2.69. The van der Waals surface area contributed by atoms with E-state index in [9.17, 15) is 4.39 Å². The second-order valence-corrected chi connectivity index (χ2v) is 0.470. The van der Waals surface area contributed by atoms with E-state index in [0.29, 0.717) is 0 Å². The van der Waals surface area contributed by atoms with Crippen molar-refractivity contribution < 1.29 is 9.18 Å². The zero-order chi connectivity index (χ0) is 3.58. The molecule has 0 rings (SSSR count). The van der Waals surface area contributed by atoms with Gasteiger partial charge in [0, 0.05) is 6.92 Å². The maximum absolute atomic E-state index is 10.4. The van der Waals surface area contributed by atoms with Crippen molar-refractivity contribution in [1.82, 2.24) is 0 Å². The Labute approximate surface area is 35.6 Å². The molecule has 0 heterocycles. The number of hydrogen-bond acceptors (Lipinski definition) is 1. The van der Waals surface area contributed by atoms with Crippen LogP contribution in [0.1, 0.15) is 6.92 Å². The Morgan fingerprint density at radius 3 is 1.80 bits per heavy atom. The van der Waals surface area contributed by atoms with Crippen LogP contribution in [0.3, 0.4) is 0 Å². The fourth-order valence-corrected chi connectivity index (χ4v) is 0. The lowest BCUT2D eigenvalue weighted by molar-refractivity contribution is -0.126. The molecule has 0 aromatic heterocycles. The van der Waals surface area contributed by atoms with Crippen LogP contribution >= 0.6 is 12.4 Å². The van der Waals surface area contributed by atoms with Gasteiger partial charge in [-0.15, -0.1) is 12.4 Å². The second kappa shape index (κ2) is 3.89. The molecule has 0 saturated heterocycles. The first-order valence-corrected chi connectivity index (χ1v) is 0.893. The Morgan fingerprint density at radius 1 is 1.80 bits per heavy atom. The minimum absolute atomic E-state index is 0. The topological polar surface area (TPSA) is 17.1 Å². The van der Waals surface area contributed by atoms with Gasteiger partial charge >= 0.3 is 0 Å². The first kappa shape index (κ1) is 8.86. The van der Waals surface area contributed by atoms with Gasteiger partial charge in [-0.3, -0.25) is 4.79 Å². The molecule has 0 aliphatic carbocycles. The maximum atomic E-state index is 10.4. The highest BCUT2D eigenvalue weighted by Crippen LogP contribution is 1.58. The van der Waals surface area contributed by atoms with Crippen LogP contribution in [0.15, 0.2) is 0 Å². The third-order valence-corrected chi connectivity index (χ3v) is 0. The van der Waals surface area contributed by atoms with Gasteiger partial charge in [0.2, 0.25) is 0 Å². The lowest BCUT2D eigenvalue weighted by atomic mass is 10.9. The first-order valence-electron chi connectivity index (χ1n) is 0.893. The van der Waals surface area contributed by atoms with Gasteiger partial charge in [0.1, 0.15) is 0 Å². The van der Waals surface area contributed by atoms with E-state index in [1.165, 1.54) is 0 Å². The quantitative estimate of drug-likeness (QED) is 0.412. The summed E-state index contributed by atoms with van der Waals surface area (Å²) in [6.45, 7) is 0.861. The van der Waals surface area contributed by atoms with Crippen LogP contribution in [0.25, 0.3) is 0 Å². The number of halogens is 2. The lowest BCUT2D eigenvalue weighted by Crippen LogP contribution is -1.65. The van der Waals surface area contributed by atoms with Crippen molar-refractivity contribution in [1.29, 1.82) is 0 Å². The summed E-state index contributed by atoms with van der Waals surface area (Å²) >= 11 is 0. The van der Waals surface area contributed by atoms with E-state index in [1.54, 1.807) is 0 Å². The van der Waals surface area contributed by atoms with E-state index in [1.807, 2.05) is 0 Å². The smallest absolute Gasteiger partial charge is 0.262 e. The summed E-state index contributed by atoms with van der Waals surface area (Å²) < 4.78 is 10.4. The van der Waals surface area contributed by atoms with E-state index in [4.69, 9.17) is 4.79 Å². The zero-order valence-corrected chi connectivity index (χ0v) is 3.51. The molecule has 0 radical (unpaired) electrons. The molecule has 5 heavy (non-hydrogen) atoms. The molecular formula is C2H4ClFO. The van der Waals surface area contributed by atoms with E-state index < -0.39 is 6.04 Å². The highest BCUT2D eigenvalue weighted by molar-refractivity contribution is 5.85. The molecule has 0 spiro atoms. The summed E-state index contributed by atoms with van der Waals surface area (Å²) in [6, 6.07) is -1.33.